The summed E-state index contributed by atoms with van der Waals surface area (Å²) >= 11 is 0. The number of ether oxygens (including phenoxy) is 1. The molecular weight excluding hydrogens is 370 g/mol. The average molecular weight is 391 g/mol. The molecule has 0 aliphatic heterocycles. The fourth-order valence-electron chi connectivity index (χ4n) is 2.66. The third-order valence-electron chi connectivity index (χ3n) is 4.21. The smallest absolute Gasteiger partial charge is 0.324 e. The highest BCUT2D eigenvalue weighted by molar-refractivity contribution is 5.99. The lowest BCUT2D eigenvalue weighted by Gasteiger charge is -2.12. The summed E-state index contributed by atoms with van der Waals surface area (Å²) < 4.78 is 13.0. The number of carbonyl (C=O) groups excluding carboxylic acids is 1. The highest BCUT2D eigenvalue weighted by Crippen LogP contribution is 2.25. The monoisotopic (exact) mass is 391 g/mol. The van der Waals surface area contributed by atoms with Crippen LogP contribution in [0.1, 0.15) is 26.5 Å². The van der Waals surface area contributed by atoms with Crippen LogP contribution in [0.3, 0.4) is 0 Å². The molecule has 0 fully saturated rings. The molecule has 8 nitrogen and oxygen atoms in total. The highest BCUT2D eigenvalue weighted by Gasteiger charge is 2.20. The van der Waals surface area contributed by atoms with E-state index in [2.05, 4.69) is 20.8 Å². The first kappa shape index (κ1) is 18.5. The van der Waals surface area contributed by atoms with Gasteiger partial charge < -0.3 is 19.0 Å². The van der Waals surface area contributed by atoms with Crippen molar-refractivity contribution in [3.05, 3.63) is 66.8 Å². The van der Waals surface area contributed by atoms with Gasteiger partial charge in [0.1, 0.15) is 22.9 Å². The number of hydrogen-bond donors (Lipinski definition) is 2. The van der Waals surface area contributed by atoms with Crippen LogP contribution in [-0.4, -0.2) is 20.6 Å². The molecule has 0 bridgehead atoms. The minimum absolute atomic E-state index is 0.179. The van der Waals surface area contributed by atoms with Crippen molar-refractivity contribution in [2.24, 2.45) is 0 Å². The number of amides is 2. The molecule has 4 rings (SSSR count). The molecule has 0 spiro atoms. The van der Waals surface area contributed by atoms with E-state index in [0.29, 0.717) is 28.8 Å². The van der Waals surface area contributed by atoms with Crippen LogP contribution in [0.4, 0.5) is 16.3 Å². The number of nitrogens with one attached hydrogen (secondary N) is 2. The molecule has 0 unspecified atom stereocenters. The van der Waals surface area contributed by atoms with Crippen molar-refractivity contribution in [1.82, 2.24) is 14.5 Å². The van der Waals surface area contributed by atoms with E-state index in [1.807, 2.05) is 49.7 Å². The van der Waals surface area contributed by atoms with Gasteiger partial charge in [0.15, 0.2) is 5.82 Å². The zero-order valence-electron chi connectivity index (χ0n) is 16.3. The maximum absolute atomic E-state index is 12.2. The van der Waals surface area contributed by atoms with E-state index in [0.717, 1.165) is 5.65 Å². The number of hydrogen-bond acceptors (Lipinski definition) is 5. The van der Waals surface area contributed by atoms with Gasteiger partial charge in [-0.1, -0.05) is 25.9 Å². The summed E-state index contributed by atoms with van der Waals surface area (Å²) in [5.41, 5.74) is 1.25. The number of pyridine rings is 1. The van der Waals surface area contributed by atoms with E-state index in [1.165, 1.54) is 0 Å². The van der Waals surface area contributed by atoms with Crippen LogP contribution >= 0.6 is 0 Å². The third kappa shape index (κ3) is 4.37. The Balaban J connectivity index is 1.36. The number of aromatic nitrogens is 3. The van der Waals surface area contributed by atoms with Gasteiger partial charge in [0.2, 0.25) is 0 Å². The second-order valence-corrected chi connectivity index (χ2v) is 7.59. The van der Waals surface area contributed by atoms with Crippen molar-refractivity contribution in [2.45, 2.75) is 26.2 Å². The van der Waals surface area contributed by atoms with Crippen LogP contribution in [0.15, 0.2) is 65.6 Å². The van der Waals surface area contributed by atoms with Gasteiger partial charge in [0.05, 0.1) is 0 Å². The van der Waals surface area contributed by atoms with E-state index in [4.69, 9.17) is 9.26 Å². The average Bonchev–Trinajstić information content (AvgIpc) is 3.32. The predicted molar refractivity (Wildman–Crippen MR) is 110 cm³/mol. The van der Waals surface area contributed by atoms with Gasteiger partial charge in [-0.3, -0.25) is 5.32 Å². The number of benzene rings is 1. The summed E-state index contributed by atoms with van der Waals surface area (Å²) in [5, 5.41) is 9.28. The van der Waals surface area contributed by atoms with E-state index in [-0.39, 0.29) is 5.41 Å². The Bertz CT molecular complexity index is 1140. The molecule has 8 heteroatoms. The summed E-state index contributed by atoms with van der Waals surface area (Å²) in [4.78, 5) is 16.4. The second-order valence-electron chi connectivity index (χ2n) is 7.59. The Morgan fingerprint density at radius 2 is 1.83 bits per heavy atom. The lowest BCUT2D eigenvalue weighted by molar-refractivity contribution is 0.262. The van der Waals surface area contributed by atoms with Gasteiger partial charge in [0.25, 0.3) is 0 Å². The summed E-state index contributed by atoms with van der Waals surface area (Å²) in [6.07, 6.45) is 5.48. The van der Waals surface area contributed by atoms with Gasteiger partial charge in [-0.05, 0) is 30.3 Å². The molecule has 0 aliphatic carbocycles. The first-order chi connectivity index (χ1) is 13.9. The van der Waals surface area contributed by atoms with Gasteiger partial charge in [-0.25, -0.2) is 9.78 Å². The molecule has 2 amide bonds. The van der Waals surface area contributed by atoms with Crippen LogP contribution in [0.5, 0.6) is 11.5 Å². The zero-order chi connectivity index (χ0) is 20.4. The van der Waals surface area contributed by atoms with Crippen LogP contribution < -0.4 is 15.4 Å². The number of imidazole rings is 1. The van der Waals surface area contributed by atoms with Crippen LogP contribution in [0, 0.1) is 0 Å². The first-order valence-corrected chi connectivity index (χ1v) is 9.13. The summed E-state index contributed by atoms with van der Waals surface area (Å²) in [7, 11) is 0. The summed E-state index contributed by atoms with van der Waals surface area (Å²) in [5.74, 6) is 2.39. The molecule has 29 heavy (non-hydrogen) atoms. The van der Waals surface area contributed by atoms with E-state index >= 15 is 0 Å². The molecule has 0 saturated heterocycles. The number of carbonyl (C=O) groups is 1. The van der Waals surface area contributed by atoms with Gasteiger partial charge in [-0.15, -0.1) is 0 Å². The molecule has 3 heterocycles. The molecular formula is C21H21N5O3. The number of anilines is 2. The standard InChI is InChI=1S/C21H21N5O3/c1-21(2,3)17-13-18(25-29-17)24-20(27)23-14-4-6-15(7-5-14)28-16-8-10-26-11-9-22-19(26)12-16/h4-13H,1-3H3,(H2,23,24,25,27). The maximum Gasteiger partial charge on any atom is 0.324 e. The summed E-state index contributed by atoms with van der Waals surface area (Å²) in [6, 6.07) is 12.1. The lowest BCUT2D eigenvalue weighted by Crippen LogP contribution is -2.19. The topological polar surface area (TPSA) is 93.7 Å². The second kappa shape index (κ2) is 7.31. The Labute approximate surface area is 167 Å². The minimum Gasteiger partial charge on any atom is -0.457 e. The van der Waals surface area contributed by atoms with Crippen molar-refractivity contribution in [1.29, 1.82) is 0 Å². The minimum atomic E-state index is -0.405. The van der Waals surface area contributed by atoms with Crippen molar-refractivity contribution < 1.29 is 14.1 Å². The predicted octanol–water partition coefficient (Wildman–Crippen LogP) is 5.06. The van der Waals surface area contributed by atoms with Gasteiger partial charge >= 0.3 is 6.03 Å². The molecule has 3 aromatic heterocycles. The quantitative estimate of drug-likeness (QED) is 0.507. The number of rotatable bonds is 4. The maximum atomic E-state index is 12.2. The Hall–Kier alpha value is -3.81. The summed E-state index contributed by atoms with van der Waals surface area (Å²) in [6.45, 7) is 6.02. The van der Waals surface area contributed by atoms with Crippen molar-refractivity contribution in [3.63, 3.8) is 0 Å². The molecule has 2 N–H and O–H groups in total. The Morgan fingerprint density at radius 3 is 2.55 bits per heavy atom. The SMILES string of the molecule is CC(C)(C)c1cc(NC(=O)Nc2ccc(Oc3ccn4ccnc4c3)cc2)no1. The van der Waals surface area contributed by atoms with Crippen LogP contribution in [0.2, 0.25) is 0 Å². The van der Waals surface area contributed by atoms with Crippen molar-refractivity contribution >= 4 is 23.2 Å². The number of nitrogens with zero attached hydrogens (tertiary/aromatic N) is 3. The molecule has 148 valence electrons. The van der Waals surface area contributed by atoms with E-state index in [1.54, 1.807) is 36.5 Å². The molecule has 1 aromatic carbocycles. The van der Waals surface area contributed by atoms with Crippen LogP contribution in [0.25, 0.3) is 5.65 Å². The molecule has 0 radical (unpaired) electrons. The normalized spacial score (nSPS) is 11.4. The zero-order valence-corrected chi connectivity index (χ0v) is 16.3. The largest absolute Gasteiger partial charge is 0.457 e. The van der Waals surface area contributed by atoms with Gasteiger partial charge in [-0.2, -0.15) is 0 Å². The first-order valence-electron chi connectivity index (χ1n) is 9.13. The van der Waals surface area contributed by atoms with Crippen molar-refractivity contribution in [3.8, 4) is 11.5 Å². The molecule has 4 aromatic rings. The fourth-order valence-corrected chi connectivity index (χ4v) is 2.66. The lowest BCUT2D eigenvalue weighted by atomic mass is 9.93. The Kier molecular flexibility index (Phi) is 4.67. The van der Waals surface area contributed by atoms with E-state index in [9.17, 15) is 4.79 Å². The van der Waals surface area contributed by atoms with Crippen molar-refractivity contribution in [2.75, 3.05) is 10.6 Å². The van der Waals surface area contributed by atoms with Crippen LogP contribution in [-0.2, 0) is 5.41 Å². The molecule has 0 saturated carbocycles. The van der Waals surface area contributed by atoms with Gasteiger partial charge in [0, 0.05) is 41.8 Å². The van der Waals surface area contributed by atoms with E-state index < -0.39 is 6.03 Å². The number of fused-ring (bicyclic) bond motifs is 1. The molecule has 0 aliphatic rings. The number of urea groups is 1. The Morgan fingerprint density at radius 1 is 1.03 bits per heavy atom. The molecule has 0 atom stereocenters. The third-order valence-corrected chi connectivity index (χ3v) is 4.21. The fraction of sp³-hybridized carbons (Fsp3) is 0.190. The highest BCUT2D eigenvalue weighted by atomic mass is 16.5.